The molecule has 0 saturated carbocycles. The maximum atomic E-state index is 11.7. The van der Waals surface area contributed by atoms with Gasteiger partial charge in [0.05, 0.1) is 0 Å². The number of hydrogen-bond acceptors (Lipinski definition) is 3. The smallest absolute Gasteiger partial charge is 0.311 e. The molecule has 20 heavy (non-hydrogen) atoms. The number of carbonyl (C=O) groups excluding carboxylic acids is 2. The van der Waals surface area contributed by atoms with E-state index in [1.807, 2.05) is 25.1 Å². The summed E-state index contributed by atoms with van der Waals surface area (Å²) in [6.45, 7) is 2.50. The second-order valence-electron chi connectivity index (χ2n) is 5.07. The summed E-state index contributed by atoms with van der Waals surface area (Å²) in [7, 11) is 0. The van der Waals surface area contributed by atoms with Gasteiger partial charge >= 0.3 is 5.97 Å². The molecule has 0 atom stereocenters. The van der Waals surface area contributed by atoms with Gasteiger partial charge in [0.25, 0.3) is 0 Å². The molecule has 2 rings (SSSR count). The summed E-state index contributed by atoms with van der Waals surface area (Å²) in [6, 6.07) is 5.86. The van der Waals surface area contributed by atoms with E-state index in [2.05, 4.69) is 5.32 Å². The highest BCUT2D eigenvalue weighted by molar-refractivity contribution is 5.77. The summed E-state index contributed by atoms with van der Waals surface area (Å²) >= 11 is 0. The van der Waals surface area contributed by atoms with E-state index in [0.717, 1.165) is 12.8 Å². The summed E-state index contributed by atoms with van der Waals surface area (Å²) in [5.41, 5.74) is 2.65. The molecule has 0 aromatic heterocycles. The van der Waals surface area contributed by atoms with Gasteiger partial charge in [0, 0.05) is 19.4 Å². The zero-order valence-electron chi connectivity index (χ0n) is 11.9. The number of aryl methyl sites for hydroxylation is 2. The molecule has 0 radical (unpaired) electrons. The van der Waals surface area contributed by atoms with Crippen LogP contribution in [-0.2, 0) is 22.4 Å². The Hall–Kier alpha value is -1.84. The van der Waals surface area contributed by atoms with E-state index in [4.69, 9.17) is 4.74 Å². The summed E-state index contributed by atoms with van der Waals surface area (Å²) in [5.74, 6) is 0.332. The average Bonchev–Trinajstić information content (AvgIpc) is 2.86. The van der Waals surface area contributed by atoms with Gasteiger partial charge in [0.2, 0.25) is 5.91 Å². The van der Waals surface area contributed by atoms with Crippen LogP contribution in [0.1, 0.15) is 43.7 Å². The van der Waals surface area contributed by atoms with Crippen LogP contribution in [0, 0.1) is 0 Å². The van der Waals surface area contributed by atoms with Crippen molar-refractivity contribution in [3.63, 3.8) is 0 Å². The van der Waals surface area contributed by atoms with E-state index in [1.165, 1.54) is 17.5 Å². The zero-order valence-corrected chi connectivity index (χ0v) is 11.9. The van der Waals surface area contributed by atoms with Crippen LogP contribution in [0.15, 0.2) is 18.2 Å². The monoisotopic (exact) mass is 275 g/mol. The van der Waals surface area contributed by atoms with E-state index in [1.54, 1.807) is 0 Å². The van der Waals surface area contributed by atoms with Gasteiger partial charge in [-0.3, -0.25) is 9.59 Å². The molecule has 108 valence electrons. The third kappa shape index (κ3) is 4.08. The Morgan fingerprint density at radius 1 is 1.20 bits per heavy atom. The first-order chi connectivity index (χ1) is 9.69. The van der Waals surface area contributed by atoms with Gasteiger partial charge in [-0.1, -0.05) is 6.07 Å². The first-order valence-corrected chi connectivity index (χ1v) is 7.28. The third-order valence-electron chi connectivity index (χ3n) is 3.46. The lowest BCUT2D eigenvalue weighted by atomic mass is 10.1. The molecule has 0 aliphatic heterocycles. The summed E-state index contributed by atoms with van der Waals surface area (Å²) < 4.78 is 5.31. The average molecular weight is 275 g/mol. The second kappa shape index (κ2) is 7.08. The van der Waals surface area contributed by atoms with Crippen molar-refractivity contribution in [2.75, 3.05) is 6.54 Å². The minimum absolute atomic E-state index is 0.0159. The fourth-order valence-corrected chi connectivity index (χ4v) is 2.47. The topological polar surface area (TPSA) is 55.4 Å². The van der Waals surface area contributed by atoms with E-state index in [0.29, 0.717) is 25.1 Å². The van der Waals surface area contributed by atoms with Gasteiger partial charge in [-0.2, -0.15) is 0 Å². The molecule has 0 spiro atoms. The van der Waals surface area contributed by atoms with Gasteiger partial charge in [0.1, 0.15) is 5.75 Å². The number of esters is 1. The Bertz CT molecular complexity index is 496. The predicted octanol–water partition coefficient (Wildman–Crippen LogP) is 2.39. The van der Waals surface area contributed by atoms with Crippen molar-refractivity contribution in [3.05, 3.63) is 29.3 Å². The zero-order chi connectivity index (χ0) is 14.4. The maximum Gasteiger partial charge on any atom is 0.311 e. The van der Waals surface area contributed by atoms with Crippen molar-refractivity contribution in [1.82, 2.24) is 5.32 Å². The molecule has 4 nitrogen and oxygen atoms in total. The number of rotatable bonds is 6. The minimum atomic E-state index is -0.271. The molecule has 1 aliphatic carbocycles. The third-order valence-corrected chi connectivity index (χ3v) is 3.46. The predicted molar refractivity (Wildman–Crippen MR) is 76.6 cm³/mol. The highest BCUT2D eigenvalue weighted by Crippen LogP contribution is 2.26. The number of fused-ring (bicyclic) bond motifs is 1. The minimum Gasteiger partial charge on any atom is -0.427 e. The second-order valence-corrected chi connectivity index (χ2v) is 5.07. The molecule has 0 bridgehead atoms. The van der Waals surface area contributed by atoms with Crippen molar-refractivity contribution in [1.29, 1.82) is 0 Å². The Labute approximate surface area is 119 Å². The molecular formula is C16H21NO3. The number of ether oxygens (including phenoxy) is 1. The maximum absolute atomic E-state index is 11.7. The van der Waals surface area contributed by atoms with Crippen LogP contribution >= 0.6 is 0 Å². The number of nitrogens with one attached hydrogen (secondary N) is 1. The van der Waals surface area contributed by atoms with E-state index in [-0.39, 0.29) is 18.3 Å². The molecule has 0 fully saturated rings. The van der Waals surface area contributed by atoms with E-state index < -0.39 is 0 Å². The van der Waals surface area contributed by atoms with Gasteiger partial charge in [-0.25, -0.2) is 0 Å². The highest BCUT2D eigenvalue weighted by Gasteiger charge is 2.13. The fourth-order valence-electron chi connectivity index (χ4n) is 2.47. The van der Waals surface area contributed by atoms with Gasteiger partial charge < -0.3 is 10.1 Å². The largest absolute Gasteiger partial charge is 0.427 e. The Balaban J connectivity index is 1.76. The number of amides is 1. The van der Waals surface area contributed by atoms with E-state index in [9.17, 15) is 9.59 Å². The Kier molecular flexibility index (Phi) is 5.16. The summed E-state index contributed by atoms with van der Waals surface area (Å²) in [6.07, 6.45) is 4.53. The highest BCUT2D eigenvalue weighted by atomic mass is 16.5. The standard InChI is InChI=1S/C16H21NO3/c1-2-17-15(18)7-4-8-16(19)20-14-10-9-12-5-3-6-13(12)11-14/h9-11H,2-8H2,1H3,(H,17,18). The summed E-state index contributed by atoms with van der Waals surface area (Å²) in [5, 5.41) is 2.71. The molecule has 1 aromatic carbocycles. The lowest BCUT2D eigenvalue weighted by Gasteiger charge is -2.06. The van der Waals surface area contributed by atoms with Crippen molar-refractivity contribution in [2.24, 2.45) is 0 Å². The lowest BCUT2D eigenvalue weighted by molar-refractivity contribution is -0.134. The summed E-state index contributed by atoms with van der Waals surface area (Å²) in [4.78, 5) is 22.9. The van der Waals surface area contributed by atoms with Crippen LogP contribution < -0.4 is 10.1 Å². The molecule has 4 heteroatoms. The molecule has 1 amide bonds. The fraction of sp³-hybridized carbons (Fsp3) is 0.500. The lowest BCUT2D eigenvalue weighted by Crippen LogP contribution is -2.22. The Morgan fingerprint density at radius 2 is 2.00 bits per heavy atom. The molecule has 1 aliphatic rings. The molecular weight excluding hydrogens is 254 g/mol. The van der Waals surface area contributed by atoms with Crippen molar-refractivity contribution >= 4 is 11.9 Å². The molecule has 1 aromatic rings. The molecule has 1 N–H and O–H groups in total. The van der Waals surface area contributed by atoms with E-state index >= 15 is 0 Å². The van der Waals surface area contributed by atoms with Crippen LogP contribution in [0.2, 0.25) is 0 Å². The van der Waals surface area contributed by atoms with Crippen LogP contribution in [0.5, 0.6) is 5.75 Å². The van der Waals surface area contributed by atoms with Crippen molar-refractivity contribution < 1.29 is 14.3 Å². The first kappa shape index (κ1) is 14.6. The number of hydrogen-bond donors (Lipinski definition) is 1. The molecule has 0 saturated heterocycles. The quantitative estimate of drug-likeness (QED) is 0.640. The van der Waals surface area contributed by atoms with Crippen LogP contribution in [0.4, 0.5) is 0 Å². The Morgan fingerprint density at radius 3 is 2.80 bits per heavy atom. The molecule has 0 unspecified atom stereocenters. The van der Waals surface area contributed by atoms with Crippen molar-refractivity contribution in [3.8, 4) is 5.75 Å². The molecule has 0 heterocycles. The number of carbonyl (C=O) groups is 2. The van der Waals surface area contributed by atoms with Crippen LogP contribution in [0.25, 0.3) is 0 Å². The van der Waals surface area contributed by atoms with Gasteiger partial charge in [0.15, 0.2) is 0 Å². The van der Waals surface area contributed by atoms with Gasteiger partial charge in [-0.05, 0) is 55.9 Å². The SMILES string of the molecule is CCNC(=O)CCCC(=O)Oc1ccc2c(c1)CCC2. The van der Waals surface area contributed by atoms with Crippen molar-refractivity contribution in [2.45, 2.75) is 45.4 Å². The van der Waals surface area contributed by atoms with Crippen LogP contribution in [0.3, 0.4) is 0 Å². The number of benzene rings is 1. The van der Waals surface area contributed by atoms with Crippen LogP contribution in [-0.4, -0.2) is 18.4 Å². The normalized spacial score (nSPS) is 12.8. The van der Waals surface area contributed by atoms with Gasteiger partial charge in [-0.15, -0.1) is 0 Å². The first-order valence-electron chi connectivity index (χ1n) is 7.28.